The van der Waals surface area contributed by atoms with Crippen molar-refractivity contribution in [2.75, 3.05) is 11.1 Å². The molecule has 0 saturated heterocycles. The van der Waals surface area contributed by atoms with Crippen LogP contribution in [0.25, 0.3) is 0 Å². The van der Waals surface area contributed by atoms with E-state index in [0.717, 1.165) is 24.2 Å². The zero-order valence-corrected chi connectivity index (χ0v) is 9.26. The van der Waals surface area contributed by atoms with Crippen molar-refractivity contribution in [3.63, 3.8) is 0 Å². The van der Waals surface area contributed by atoms with Gasteiger partial charge in [0, 0.05) is 6.04 Å². The Morgan fingerprint density at radius 1 is 1.25 bits per heavy atom. The molecular formula is C9H12N4O2S. The van der Waals surface area contributed by atoms with Gasteiger partial charge >= 0.3 is 0 Å². The average Bonchev–Trinajstić information content (AvgIpc) is 2.89. The molecule has 2 rings (SSSR count). The number of carbonyl (C=O) groups is 2. The number of rotatable bonds is 4. The fourth-order valence-electron chi connectivity index (χ4n) is 1.39. The van der Waals surface area contributed by atoms with E-state index < -0.39 is 11.8 Å². The van der Waals surface area contributed by atoms with Gasteiger partial charge in [-0.1, -0.05) is 0 Å². The maximum atomic E-state index is 11.2. The quantitative estimate of drug-likeness (QED) is 0.595. The van der Waals surface area contributed by atoms with Gasteiger partial charge in [0.1, 0.15) is 9.88 Å². The van der Waals surface area contributed by atoms with E-state index in [2.05, 4.69) is 5.32 Å². The van der Waals surface area contributed by atoms with Gasteiger partial charge in [-0.2, -0.15) is 0 Å². The number of amides is 2. The van der Waals surface area contributed by atoms with Gasteiger partial charge in [0.25, 0.3) is 11.8 Å². The van der Waals surface area contributed by atoms with Crippen LogP contribution in [0.2, 0.25) is 0 Å². The van der Waals surface area contributed by atoms with E-state index in [0.29, 0.717) is 11.0 Å². The Morgan fingerprint density at radius 3 is 2.31 bits per heavy atom. The molecule has 1 fully saturated rings. The number of nitrogen functional groups attached to an aromatic ring is 1. The topological polar surface area (TPSA) is 124 Å². The van der Waals surface area contributed by atoms with Crippen LogP contribution in [0.1, 0.15) is 32.9 Å². The van der Waals surface area contributed by atoms with Crippen molar-refractivity contribution in [1.29, 1.82) is 0 Å². The van der Waals surface area contributed by atoms with Crippen molar-refractivity contribution in [1.82, 2.24) is 0 Å². The Bertz CT molecular complexity index is 464. The van der Waals surface area contributed by atoms with Crippen LogP contribution in [-0.4, -0.2) is 17.9 Å². The minimum Gasteiger partial charge on any atom is -0.397 e. The van der Waals surface area contributed by atoms with Crippen molar-refractivity contribution >= 4 is 33.8 Å². The predicted molar refractivity (Wildman–Crippen MR) is 62.4 cm³/mol. The molecule has 1 heterocycles. The van der Waals surface area contributed by atoms with Crippen LogP contribution in [0.4, 0.5) is 10.7 Å². The summed E-state index contributed by atoms with van der Waals surface area (Å²) in [5.41, 5.74) is 16.3. The fraction of sp³-hybridized carbons (Fsp3) is 0.333. The summed E-state index contributed by atoms with van der Waals surface area (Å²) >= 11 is 1.08. The van der Waals surface area contributed by atoms with Gasteiger partial charge in [-0.25, -0.2) is 0 Å². The van der Waals surface area contributed by atoms with E-state index in [1.807, 2.05) is 0 Å². The first-order valence-electron chi connectivity index (χ1n) is 4.79. The highest BCUT2D eigenvalue weighted by atomic mass is 32.1. The van der Waals surface area contributed by atoms with E-state index in [9.17, 15) is 9.59 Å². The lowest BCUT2D eigenvalue weighted by molar-refractivity contribution is 0.0999. The molecule has 1 aromatic rings. The second-order valence-electron chi connectivity index (χ2n) is 3.70. The minimum atomic E-state index is -0.649. The fourth-order valence-corrected chi connectivity index (χ4v) is 2.44. The Kier molecular flexibility index (Phi) is 2.47. The lowest BCUT2D eigenvalue weighted by atomic mass is 10.2. The molecule has 0 atom stereocenters. The van der Waals surface area contributed by atoms with Crippen molar-refractivity contribution < 1.29 is 9.59 Å². The van der Waals surface area contributed by atoms with E-state index in [1.165, 1.54) is 0 Å². The highest BCUT2D eigenvalue weighted by molar-refractivity contribution is 7.19. The molecule has 16 heavy (non-hydrogen) atoms. The molecule has 7 heteroatoms. The van der Waals surface area contributed by atoms with E-state index >= 15 is 0 Å². The SMILES string of the molecule is NC(=O)c1sc(NC2CC2)c(C(N)=O)c1N. The first-order valence-corrected chi connectivity index (χ1v) is 5.60. The first kappa shape index (κ1) is 10.7. The lowest BCUT2D eigenvalue weighted by Crippen LogP contribution is -2.16. The third-order valence-electron chi connectivity index (χ3n) is 2.33. The zero-order valence-electron chi connectivity index (χ0n) is 8.45. The maximum Gasteiger partial charge on any atom is 0.260 e. The number of hydrogen-bond acceptors (Lipinski definition) is 5. The Hall–Kier alpha value is -1.76. The molecule has 0 aromatic carbocycles. The van der Waals surface area contributed by atoms with Gasteiger partial charge in [-0.3, -0.25) is 9.59 Å². The molecule has 2 amide bonds. The summed E-state index contributed by atoms with van der Waals surface area (Å²) in [7, 11) is 0. The van der Waals surface area contributed by atoms with Crippen molar-refractivity contribution in [3.05, 3.63) is 10.4 Å². The molecule has 86 valence electrons. The van der Waals surface area contributed by atoms with Crippen LogP contribution in [0.3, 0.4) is 0 Å². The Morgan fingerprint density at radius 2 is 1.88 bits per heavy atom. The summed E-state index contributed by atoms with van der Waals surface area (Å²) in [6, 6.07) is 0.344. The second-order valence-corrected chi connectivity index (χ2v) is 4.72. The van der Waals surface area contributed by atoms with Crippen LogP contribution in [0.5, 0.6) is 0 Å². The highest BCUT2D eigenvalue weighted by Crippen LogP contribution is 2.38. The van der Waals surface area contributed by atoms with Crippen LogP contribution in [0.15, 0.2) is 0 Å². The molecule has 1 aliphatic carbocycles. The second kappa shape index (κ2) is 3.67. The number of thiophene rings is 1. The highest BCUT2D eigenvalue weighted by Gasteiger charge is 2.28. The lowest BCUT2D eigenvalue weighted by Gasteiger charge is -2.02. The van der Waals surface area contributed by atoms with Gasteiger partial charge < -0.3 is 22.5 Å². The summed E-state index contributed by atoms with van der Waals surface area (Å²) in [5, 5.41) is 3.65. The number of carbonyl (C=O) groups excluding carboxylic acids is 2. The molecule has 1 aliphatic rings. The molecule has 0 unspecified atom stereocenters. The largest absolute Gasteiger partial charge is 0.397 e. The van der Waals surface area contributed by atoms with Gasteiger partial charge in [-0.05, 0) is 12.8 Å². The van der Waals surface area contributed by atoms with Crippen LogP contribution in [-0.2, 0) is 0 Å². The maximum absolute atomic E-state index is 11.2. The number of anilines is 2. The Balaban J connectivity index is 2.44. The van der Waals surface area contributed by atoms with Crippen molar-refractivity contribution in [2.24, 2.45) is 11.5 Å². The third-order valence-corrected chi connectivity index (χ3v) is 3.48. The zero-order chi connectivity index (χ0) is 11.9. The van der Waals surface area contributed by atoms with Gasteiger partial charge in [0.2, 0.25) is 0 Å². The number of nitrogens with one attached hydrogen (secondary N) is 1. The van der Waals surface area contributed by atoms with E-state index in [1.54, 1.807) is 0 Å². The molecule has 0 radical (unpaired) electrons. The summed E-state index contributed by atoms with van der Waals surface area (Å²) in [5.74, 6) is -1.29. The molecule has 1 aromatic heterocycles. The van der Waals surface area contributed by atoms with Gasteiger partial charge in [-0.15, -0.1) is 11.3 Å². The number of hydrogen-bond donors (Lipinski definition) is 4. The molecule has 1 saturated carbocycles. The van der Waals surface area contributed by atoms with E-state index in [4.69, 9.17) is 17.2 Å². The molecular weight excluding hydrogens is 228 g/mol. The van der Waals surface area contributed by atoms with Crippen molar-refractivity contribution in [2.45, 2.75) is 18.9 Å². The monoisotopic (exact) mass is 240 g/mol. The summed E-state index contributed by atoms with van der Waals surface area (Å²) in [6.07, 6.45) is 2.09. The smallest absolute Gasteiger partial charge is 0.260 e. The van der Waals surface area contributed by atoms with Crippen LogP contribution in [0, 0.1) is 0 Å². The molecule has 0 spiro atoms. The average molecular weight is 240 g/mol. The minimum absolute atomic E-state index is 0.0770. The van der Waals surface area contributed by atoms with Gasteiger partial charge in [0.15, 0.2) is 0 Å². The first-order chi connectivity index (χ1) is 7.50. The number of nitrogens with two attached hydrogens (primary N) is 3. The van der Waals surface area contributed by atoms with E-state index in [-0.39, 0.29) is 16.1 Å². The molecule has 0 bridgehead atoms. The summed E-state index contributed by atoms with van der Waals surface area (Å²) in [6.45, 7) is 0. The Labute approximate surface area is 95.8 Å². The molecule has 6 nitrogen and oxygen atoms in total. The molecule has 0 aliphatic heterocycles. The van der Waals surface area contributed by atoms with Crippen molar-refractivity contribution in [3.8, 4) is 0 Å². The normalized spacial score (nSPS) is 14.8. The molecule has 7 N–H and O–H groups in total. The standard InChI is InChI=1S/C9H12N4O2S/c10-5-4(7(11)14)9(13-3-1-2-3)16-6(5)8(12)15/h3,13H,1-2,10H2,(H2,11,14)(H2,12,15). The predicted octanol–water partition coefficient (Wildman–Crippen LogP) is 0.102. The summed E-state index contributed by atoms with van der Waals surface area (Å²) in [4.78, 5) is 22.5. The number of primary amides is 2. The third kappa shape index (κ3) is 1.81. The van der Waals surface area contributed by atoms with Gasteiger partial charge in [0.05, 0.1) is 11.3 Å². The van der Waals surface area contributed by atoms with Crippen LogP contribution < -0.4 is 22.5 Å². The van der Waals surface area contributed by atoms with Crippen LogP contribution >= 0.6 is 11.3 Å². The summed E-state index contributed by atoms with van der Waals surface area (Å²) < 4.78 is 0.